The molecule has 4 fully saturated rings. The van der Waals surface area contributed by atoms with Crippen LogP contribution in [0.5, 0.6) is 0 Å². The van der Waals surface area contributed by atoms with Crippen LogP contribution in [0.25, 0.3) is 0 Å². The van der Waals surface area contributed by atoms with Gasteiger partial charge >= 0.3 is 33.2 Å². The summed E-state index contributed by atoms with van der Waals surface area (Å²) < 4.78 is 114. The van der Waals surface area contributed by atoms with Crippen molar-refractivity contribution in [2.45, 2.75) is 60.9 Å². The molecule has 4 unspecified atom stereocenters. The first-order chi connectivity index (χ1) is 12.0. The van der Waals surface area contributed by atoms with Crippen molar-refractivity contribution < 1.29 is 54.0 Å². The second kappa shape index (κ2) is 5.72. The molecule has 0 aromatic carbocycles. The molecule has 2 N–H and O–H groups in total. The van der Waals surface area contributed by atoms with Crippen LogP contribution < -0.4 is 0 Å². The lowest BCUT2D eigenvalue weighted by atomic mass is 9.53. The van der Waals surface area contributed by atoms with Gasteiger partial charge in [-0.15, -0.1) is 0 Å². The van der Waals surface area contributed by atoms with Crippen molar-refractivity contribution in [3.8, 4) is 0 Å². The van der Waals surface area contributed by atoms with Crippen molar-refractivity contribution in [1.29, 1.82) is 0 Å². The van der Waals surface area contributed by atoms with E-state index in [0.29, 0.717) is 12.8 Å². The van der Waals surface area contributed by atoms with Gasteiger partial charge in [0.2, 0.25) is 0 Å². The van der Waals surface area contributed by atoms with Gasteiger partial charge in [0.15, 0.2) is 0 Å². The molecule has 27 heavy (non-hydrogen) atoms. The summed E-state index contributed by atoms with van der Waals surface area (Å²) in [7, 11) is -6.89. The lowest BCUT2D eigenvalue weighted by molar-refractivity contribution is -0.313. The molecule has 4 aliphatic carbocycles. The summed E-state index contributed by atoms with van der Waals surface area (Å²) in [6, 6.07) is 0. The normalized spacial score (nSPS) is 38.5. The number of hydrogen-bond acceptors (Lipinski definition) is 5. The van der Waals surface area contributed by atoms with Crippen molar-refractivity contribution in [3.63, 3.8) is 0 Å². The molecule has 0 aromatic rings. The Morgan fingerprint density at radius 3 is 1.85 bits per heavy atom. The van der Waals surface area contributed by atoms with E-state index in [1.807, 2.05) is 0 Å². The Balaban J connectivity index is 1.95. The van der Waals surface area contributed by atoms with Crippen molar-refractivity contribution >= 4 is 16.1 Å². The molecule has 6 nitrogen and oxygen atoms in total. The Morgan fingerprint density at radius 1 is 1.00 bits per heavy atom. The predicted octanol–water partition coefficient (Wildman–Crippen LogP) is 2.22. The quantitative estimate of drug-likeness (QED) is 0.406. The molecule has 4 bridgehead atoms. The first kappa shape index (κ1) is 20.6. The van der Waals surface area contributed by atoms with Crippen LogP contribution >= 0.6 is 0 Å². The van der Waals surface area contributed by atoms with Gasteiger partial charge in [-0.3, -0.25) is 4.55 Å². The van der Waals surface area contributed by atoms with Gasteiger partial charge in [-0.25, -0.2) is 9.18 Å². The van der Waals surface area contributed by atoms with Crippen molar-refractivity contribution in [3.05, 3.63) is 0 Å². The molecule has 4 rings (SSSR count). The summed E-state index contributed by atoms with van der Waals surface area (Å²) in [6.45, 7) is 0. The second-order valence-electron chi connectivity index (χ2n) is 7.68. The maximum Gasteiger partial charge on any atom is 0.458 e. The van der Waals surface area contributed by atoms with Crippen LogP contribution in [-0.4, -0.2) is 52.9 Å². The zero-order chi connectivity index (χ0) is 20.6. The predicted molar refractivity (Wildman–Crippen MR) is 74.8 cm³/mol. The number of alkyl halides is 6. The van der Waals surface area contributed by atoms with E-state index in [0.717, 1.165) is 6.42 Å². The molecular weight excluding hydrogens is 410 g/mol. The minimum Gasteiger partial charge on any atom is -0.456 e. The van der Waals surface area contributed by atoms with Gasteiger partial charge in [0.1, 0.15) is 11.7 Å². The van der Waals surface area contributed by atoms with Gasteiger partial charge in [-0.05, 0) is 49.9 Å². The highest BCUT2D eigenvalue weighted by Crippen LogP contribution is 2.57. The van der Waals surface area contributed by atoms with E-state index in [1.54, 1.807) is 0 Å². The lowest BCUT2D eigenvalue weighted by Crippen LogP contribution is -2.66. The number of ether oxygens (including phenoxy) is 1. The Kier molecular flexibility index (Phi) is 4.38. The summed E-state index contributed by atoms with van der Waals surface area (Å²) in [5, 5.41) is 4.53. The highest BCUT2D eigenvalue weighted by molar-refractivity contribution is 7.88. The molecule has 4 aliphatic rings. The molecule has 156 valence electrons. The molecule has 4 atom stereocenters. The van der Waals surface area contributed by atoms with Gasteiger partial charge in [-0.1, -0.05) is 0 Å². The number of halogens is 6. The van der Waals surface area contributed by atoms with Gasteiger partial charge in [-0.2, -0.15) is 30.4 Å². The first-order valence-electron chi connectivity index (χ1n) is 8.07. The highest BCUT2D eigenvalue weighted by Gasteiger charge is 2.82. The van der Waals surface area contributed by atoms with Crippen molar-refractivity contribution in [2.24, 2.45) is 17.8 Å². The van der Waals surface area contributed by atoms with Crippen molar-refractivity contribution in [2.75, 3.05) is 0 Å². The number of esters is 1. The summed E-state index contributed by atoms with van der Waals surface area (Å²) in [6.07, 6.45) is -6.78. The summed E-state index contributed by atoms with van der Waals surface area (Å²) in [5.74, 6) is -10.4. The molecule has 13 heteroatoms. The Hall–Kier alpha value is -1.08. The maximum absolute atomic E-state index is 14.4. The summed E-state index contributed by atoms with van der Waals surface area (Å²) in [4.78, 5) is 11.9. The Morgan fingerprint density at radius 2 is 1.48 bits per heavy atom. The molecule has 0 radical (unpaired) electrons. The van der Waals surface area contributed by atoms with E-state index < -0.39 is 50.8 Å². The third-order valence-electron chi connectivity index (χ3n) is 5.79. The number of carbonyl (C=O) groups is 1. The second-order valence-corrected chi connectivity index (χ2v) is 9.19. The van der Waals surface area contributed by atoms with Crippen molar-refractivity contribution in [1.82, 2.24) is 0 Å². The van der Waals surface area contributed by atoms with Gasteiger partial charge < -0.3 is 9.84 Å². The molecule has 0 aliphatic heterocycles. The zero-order valence-electron chi connectivity index (χ0n) is 13.5. The number of hydrogen-bond donors (Lipinski definition) is 2. The monoisotopic (exact) mass is 426 g/mol. The molecule has 0 heterocycles. The van der Waals surface area contributed by atoms with Gasteiger partial charge in [0.25, 0.3) is 0 Å². The molecule has 0 saturated heterocycles. The maximum atomic E-state index is 14.4. The zero-order valence-corrected chi connectivity index (χ0v) is 14.4. The van der Waals surface area contributed by atoms with Crippen LogP contribution in [0.3, 0.4) is 0 Å². The van der Waals surface area contributed by atoms with E-state index in [2.05, 4.69) is 4.74 Å². The van der Waals surface area contributed by atoms with E-state index in [-0.39, 0.29) is 24.7 Å². The number of rotatable bonds is 4. The molecule has 0 spiro atoms. The standard InChI is InChI=1S/C14H16F6O6S/c15-12(27(23,24)25,13(16,17)14(18,19)20)10(21)26-9-8-2-6-1-7(3-8)5-11(9,22)4-6/h6-9,22H,1-5H2,(H,23,24,25). The fourth-order valence-electron chi connectivity index (χ4n) is 4.93. The minimum absolute atomic E-state index is 0.0378. The number of aliphatic hydroxyl groups is 1. The van der Waals surface area contributed by atoms with E-state index in [1.165, 1.54) is 0 Å². The average molecular weight is 426 g/mol. The summed E-state index contributed by atoms with van der Waals surface area (Å²) >= 11 is 0. The smallest absolute Gasteiger partial charge is 0.456 e. The number of carbonyl (C=O) groups excluding carboxylic acids is 1. The third-order valence-corrected chi connectivity index (χ3v) is 6.93. The molecule has 0 amide bonds. The van der Waals surface area contributed by atoms with E-state index in [4.69, 9.17) is 4.55 Å². The largest absolute Gasteiger partial charge is 0.458 e. The third kappa shape index (κ3) is 2.84. The van der Waals surface area contributed by atoms with E-state index >= 15 is 0 Å². The van der Waals surface area contributed by atoms with Crippen LogP contribution in [0, 0.1) is 17.8 Å². The van der Waals surface area contributed by atoms with E-state index in [9.17, 15) is 44.7 Å². The fourth-order valence-corrected chi connectivity index (χ4v) is 5.62. The molecular formula is C14H16F6O6S. The minimum atomic E-state index is -6.89. The topological polar surface area (TPSA) is 101 Å². The van der Waals surface area contributed by atoms with Crippen LogP contribution in [0.2, 0.25) is 0 Å². The summed E-state index contributed by atoms with van der Waals surface area (Å²) in [5.41, 5.74) is -1.77. The van der Waals surface area contributed by atoms with Gasteiger partial charge in [0, 0.05) is 0 Å². The van der Waals surface area contributed by atoms with Crippen LogP contribution in [-0.2, 0) is 19.6 Å². The highest BCUT2D eigenvalue weighted by atomic mass is 32.2. The Labute approximate surface area is 149 Å². The first-order valence-corrected chi connectivity index (χ1v) is 9.51. The average Bonchev–Trinajstić information content (AvgIpc) is 2.46. The fraction of sp³-hybridized carbons (Fsp3) is 0.929. The Bertz CT molecular complexity index is 738. The SMILES string of the molecule is O=C(OC1C2CC3CC(C2)CC1(O)C3)C(F)(C(F)(F)C(F)(F)F)S(=O)(=O)O. The molecule has 4 saturated carbocycles. The van der Waals surface area contributed by atoms with Crippen LogP contribution in [0.1, 0.15) is 32.1 Å². The van der Waals surface area contributed by atoms with Crippen LogP contribution in [0.4, 0.5) is 26.3 Å². The van der Waals surface area contributed by atoms with Gasteiger partial charge in [0.05, 0.1) is 0 Å². The lowest BCUT2D eigenvalue weighted by Gasteiger charge is -2.57. The van der Waals surface area contributed by atoms with Crippen LogP contribution in [0.15, 0.2) is 0 Å². The molecule has 0 aromatic heterocycles.